The molecule has 0 radical (unpaired) electrons. The Morgan fingerprint density at radius 1 is 1.21 bits per heavy atom. The van der Waals surface area contributed by atoms with E-state index in [0.717, 1.165) is 42.4 Å². The van der Waals surface area contributed by atoms with Crippen LogP contribution in [-0.2, 0) is 9.59 Å². The molecule has 2 aromatic rings. The number of benzene rings is 2. The van der Waals surface area contributed by atoms with Crippen LogP contribution in [0.15, 0.2) is 47.4 Å². The van der Waals surface area contributed by atoms with Crippen LogP contribution in [0.3, 0.4) is 0 Å². The van der Waals surface area contributed by atoms with Crippen molar-refractivity contribution in [1.29, 1.82) is 0 Å². The van der Waals surface area contributed by atoms with E-state index < -0.39 is 5.25 Å². The number of hydrogen-bond acceptors (Lipinski definition) is 5. The van der Waals surface area contributed by atoms with Crippen molar-refractivity contribution >= 4 is 52.2 Å². The second-order valence-electron chi connectivity index (χ2n) is 7.30. The lowest BCUT2D eigenvalue weighted by Crippen LogP contribution is -2.44. The van der Waals surface area contributed by atoms with Gasteiger partial charge < -0.3 is 20.4 Å². The predicted octanol–water partition coefficient (Wildman–Crippen LogP) is 3.53. The Hall–Kier alpha value is -2.22. The number of nitrogens with one attached hydrogen (secondary N) is 2. The van der Waals surface area contributed by atoms with Gasteiger partial charge in [0.1, 0.15) is 0 Å². The Balaban J connectivity index is 1.43. The SMILES string of the molecule is CN1CCN(c2ccccc2NC(=O)CC2Sc3ccc(Cl)cc3NC2=O)CC1. The Bertz CT molecular complexity index is 931. The second-order valence-corrected chi connectivity index (χ2v) is 8.98. The van der Waals surface area contributed by atoms with Gasteiger partial charge in [-0.1, -0.05) is 23.7 Å². The summed E-state index contributed by atoms with van der Waals surface area (Å²) in [5, 5.41) is 5.96. The van der Waals surface area contributed by atoms with Crippen LogP contribution in [0.1, 0.15) is 6.42 Å². The third kappa shape index (κ3) is 4.69. The monoisotopic (exact) mass is 430 g/mol. The van der Waals surface area contributed by atoms with Gasteiger partial charge in [0.15, 0.2) is 0 Å². The molecule has 1 fully saturated rings. The van der Waals surface area contributed by atoms with E-state index >= 15 is 0 Å². The molecule has 29 heavy (non-hydrogen) atoms. The zero-order chi connectivity index (χ0) is 20.4. The van der Waals surface area contributed by atoms with Gasteiger partial charge in [-0.3, -0.25) is 9.59 Å². The Morgan fingerprint density at radius 2 is 1.97 bits per heavy atom. The molecule has 1 atom stereocenters. The van der Waals surface area contributed by atoms with Gasteiger partial charge in [0.2, 0.25) is 11.8 Å². The number of thioether (sulfide) groups is 1. The van der Waals surface area contributed by atoms with Crippen molar-refractivity contribution in [2.75, 3.05) is 48.8 Å². The van der Waals surface area contributed by atoms with Gasteiger partial charge in [0.25, 0.3) is 0 Å². The zero-order valence-corrected chi connectivity index (χ0v) is 17.7. The molecule has 0 spiro atoms. The van der Waals surface area contributed by atoms with Crippen LogP contribution in [0.2, 0.25) is 5.02 Å². The highest BCUT2D eigenvalue weighted by molar-refractivity contribution is 8.01. The summed E-state index contributed by atoms with van der Waals surface area (Å²) in [5.74, 6) is -0.344. The number of halogens is 1. The fourth-order valence-electron chi connectivity index (χ4n) is 3.53. The smallest absolute Gasteiger partial charge is 0.238 e. The number of amides is 2. The third-order valence-corrected chi connectivity index (χ3v) is 6.66. The third-order valence-electron chi connectivity index (χ3n) is 5.15. The number of hydrogen-bond donors (Lipinski definition) is 2. The number of piperazine rings is 1. The maximum absolute atomic E-state index is 12.7. The molecule has 2 amide bonds. The van der Waals surface area contributed by atoms with Gasteiger partial charge in [-0.15, -0.1) is 11.8 Å². The number of likely N-dealkylation sites (N-methyl/N-ethyl adjacent to an activating group) is 1. The van der Waals surface area contributed by atoms with Gasteiger partial charge >= 0.3 is 0 Å². The van der Waals surface area contributed by atoms with Crippen molar-refractivity contribution in [3.8, 4) is 0 Å². The van der Waals surface area contributed by atoms with E-state index in [-0.39, 0.29) is 18.2 Å². The van der Waals surface area contributed by atoms with E-state index in [0.29, 0.717) is 10.7 Å². The minimum atomic E-state index is -0.473. The van der Waals surface area contributed by atoms with Crippen LogP contribution in [-0.4, -0.2) is 55.2 Å². The molecule has 2 N–H and O–H groups in total. The number of nitrogens with zero attached hydrogens (tertiary/aromatic N) is 2. The van der Waals surface area contributed by atoms with Gasteiger partial charge in [0, 0.05) is 42.5 Å². The first-order valence-corrected chi connectivity index (χ1v) is 10.8. The fourth-order valence-corrected chi connectivity index (χ4v) is 4.79. The molecule has 152 valence electrons. The van der Waals surface area contributed by atoms with E-state index in [1.807, 2.05) is 30.3 Å². The average molecular weight is 431 g/mol. The van der Waals surface area contributed by atoms with Crippen LogP contribution >= 0.6 is 23.4 Å². The Kier molecular flexibility index (Phi) is 5.99. The summed E-state index contributed by atoms with van der Waals surface area (Å²) in [5.41, 5.74) is 2.51. The van der Waals surface area contributed by atoms with E-state index in [2.05, 4.69) is 27.5 Å². The number of fused-ring (bicyclic) bond motifs is 1. The molecule has 0 bridgehead atoms. The molecule has 2 heterocycles. The minimum Gasteiger partial charge on any atom is -0.367 e. The topological polar surface area (TPSA) is 64.7 Å². The summed E-state index contributed by atoms with van der Waals surface area (Å²) >= 11 is 7.39. The molecule has 4 rings (SSSR count). The highest BCUT2D eigenvalue weighted by Gasteiger charge is 2.29. The van der Waals surface area contributed by atoms with Crippen LogP contribution in [0, 0.1) is 0 Å². The lowest BCUT2D eigenvalue weighted by molar-refractivity contribution is -0.120. The van der Waals surface area contributed by atoms with Gasteiger partial charge in [-0.2, -0.15) is 0 Å². The summed E-state index contributed by atoms with van der Waals surface area (Å²) in [6.07, 6.45) is 0.107. The quantitative estimate of drug-likeness (QED) is 0.776. The zero-order valence-electron chi connectivity index (χ0n) is 16.2. The summed E-state index contributed by atoms with van der Waals surface area (Å²) in [4.78, 5) is 30.7. The predicted molar refractivity (Wildman–Crippen MR) is 119 cm³/mol. The molecule has 6 nitrogen and oxygen atoms in total. The first kappa shape index (κ1) is 20.1. The van der Waals surface area contributed by atoms with Gasteiger partial charge in [-0.05, 0) is 37.4 Å². The molecule has 8 heteroatoms. The lowest BCUT2D eigenvalue weighted by atomic mass is 10.2. The van der Waals surface area contributed by atoms with Crippen molar-refractivity contribution in [3.63, 3.8) is 0 Å². The average Bonchev–Trinajstić information content (AvgIpc) is 2.70. The number of rotatable bonds is 4. The Labute approximate surface area is 179 Å². The van der Waals surface area contributed by atoms with E-state index in [1.54, 1.807) is 12.1 Å². The number of carbonyl (C=O) groups is 2. The van der Waals surface area contributed by atoms with Crippen molar-refractivity contribution in [1.82, 2.24) is 4.90 Å². The second kappa shape index (κ2) is 8.65. The largest absolute Gasteiger partial charge is 0.367 e. The Morgan fingerprint density at radius 3 is 2.76 bits per heavy atom. The molecular formula is C21H23ClN4O2S. The van der Waals surface area contributed by atoms with Crippen molar-refractivity contribution in [2.24, 2.45) is 0 Å². The van der Waals surface area contributed by atoms with Crippen molar-refractivity contribution < 1.29 is 9.59 Å². The van der Waals surface area contributed by atoms with Crippen molar-refractivity contribution in [3.05, 3.63) is 47.5 Å². The van der Waals surface area contributed by atoms with E-state index in [9.17, 15) is 9.59 Å². The molecule has 0 aliphatic carbocycles. The highest BCUT2D eigenvalue weighted by atomic mass is 35.5. The number of anilines is 3. The maximum atomic E-state index is 12.7. The molecule has 0 aromatic heterocycles. The van der Waals surface area contributed by atoms with Gasteiger partial charge in [0.05, 0.1) is 22.3 Å². The normalized spacial score (nSPS) is 19.4. The van der Waals surface area contributed by atoms with Gasteiger partial charge in [-0.25, -0.2) is 0 Å². The molecule has 1 saturated heterocycles. The summed E-state index contributed by atoms with van der Waals surface area (Å²) < 4.78 is 0. The molecule has 1 unspecified atom stereocenters. The summed E-state index contributed by atoms with van der Waals surface area (Å²) in [6.45, 7) is 3.82. The van der Waals surface area contributed by atoms with E-state index in [4.69, 9.17) is 11.6 Å². The maximum Gasteiger partial charge on any atom is 0.238 e. The van der Waals surface area contributed by atoms with Crippen LogP contribution < -0.4 is 15.5 Å². The van der Waals surface area contributed by atoms with Crippen molar-refractivity contribution in [2.45, 2.75) is 16.6 Å². The van der Waals surface area contributed by atoms with Crippen LogP contribution in [0.4, 0.5) is 17.1 Å². The summed E-state index contributed by atoms with van der Waals surface area (Å²) in [6, 6.07) is 13.2. The molecule has 0 saturated carbocycles. The molecule has 2 aliphatic heterocycles. The summed E-state index contributed by atoms with van der Waals surface area (Å²) in [7, 11) is 2.12. The van der Waals surface area contributed by atoms with Crippen LogP contribution in [0.25, 0.3) is 0 Å². The molecular weight excluding hydrogens is 408 g/mol. The van der Waals surface area contributed by atoms with E-state index in [1.165, 1.54) is 11.8 Å². The lowest BCUT2D eigenvalue weighted by Gasteiger charge is -2.35. The standard InChI is InChI=1S/C21H23ClN4O2S/c1-25-8-10-26(11-9-25)17-5-3-2-4-15(17)23-20(27)13-19-21(28)24-16-12-14(22)6-7-18(16)29-19/h2-7,12,19H,8-11,13H2,1H3,(H,23,27)(H,24,28). The highest BCUT2D eigenvalue weighted by Crippen LogP contribution is 2.38. The van der Waals surface area contributed by atoms with Crippen LogP contribution in [0.5, 0.6) is 0 Å². The first-order valence-electron chi connectivity index (χ1n) is 9.59. The minimum absolute atomic E-state index is 0.107. The molecule has 2 aliphatic rings. The fraction of sp³-hybridized carbons (Fsp3) is 0.333. The number of para-hydroxylation sites is 2. The number of carbonyl (C=O) groups excluding carboxylic acids is 2. The molecule has 2 aromatic carbocycles. The first-order chi connectivity index (χ1) is 14.0.